The average molecular weight is 377 g/mol. The highest BCUT2D eigenvalue weighted by Crippen LogP contribution is 2.23. The summed E-state index contributed by atoms with van der Waals surface area (Å²) in [6.07, 6.45) is 1.53. The van der Waals surface area contributed by atoms with E-state index in [0.717, 1.165) is 21.2 Å². The van der Waals surface area contributed by atoms with Crippen molar-refractivity contribution < 1.29 is 14.6 Å². The number of carbonyl (C=O) groups excluding carboxylic acids is 1. The highest BCUT2D eigenvalue weighted by Gasteiger charge is 2.12. The number of rotatable bonds is 4. The van der Waals surface area contributed by atoms with E-state index >= 15 is 0 Å². The molecule has 2 aromatic carbocycles. The molecule has 1 amide bonds. The molecule has 0 bridgehead atoms. The van der Waals surface area contributed by atoms with Crippen LogP contribution in [0.5, 0.6) is 11.5 Å². The van der Waals surface area contributed by atoms with Crippen LogP contribution < -0.4 is 10.2 Å². The van der Waals surface area contributed by atoms with Gasteiger partial charge in [-0.2, -0.15) is 5.10 Å². The number of ether oxygens (including phenoxy) is 1. The largest absolute Gasteiger partial charge is 0.507 e. The van der Waals surface area contributed by atoms with Gasteiger partial charge in [-0.3, -0.25) is 4.79 Å². The van der Waals surface area contributed by atoms with Gasteiger partial charge in [-0.1, -0.05) is 15.9 Å². The smallest absolute Gasteiger partial charge is 0.275 e. The molecule has 0 heterocycles. The number of aryl methyl sites for hydroxylation is 2. The monoisotopic (exact) mass is 376 g/mol. The molecule has 2 N–H and O–H groups in total. The molecule has 0 unspecified atom stereocenters. The molecule has 0 atom stereocenters. The highest BCUT2D eigenvalue weighted by atomic mass is 79.9. The van der Waals surface area contributed by atoms with Crippen molar-refractivity contribution >= 4 is 28.1 Å². The third-order valence-electron chi connectivity index (χ3n) is 3.30. The lowest BCUT2D eigenvalue weighted by Gasteiger charge is -2.07. The Balaban J connectivity index is 2.14. The Labute approximate surface area is 143 Å². The summed E-state index contributed by atoms with van der Waals surface area (Å²) in [6, 6.07) is 8.74. The molecule has 23 heavy (non-hydrogen) atoms. The third-order valence-corrected chi connectivity index (χ3v) is 3.79. The quantitative estimate of drug-likeness (QED) is 0.633. The Morgan fingerprint density at radius 3 is 2.52 bits per heavy atom. The van der Waals surface area contributed by atoms with E-state index in [4.69, 9.17) is 4.74 Å². The molecule has 0 aromatic heterocycles. The molecule has 0 aliphatic rings. The molecule has 0 fully saturated rings. The predicted molar refractivity (Wildman–Crippen MR) is 93.3 cm³/mol. The summed E-state index contributed by atoms with van der Waals surface area (Å²) in [4.78, 5) is 12.2. The Kier molecular flexibility index (Phi) is 5.39. The van der Waals surface area contributed by atoms with Gasteiger partial charge in [-0.25, -0.2) is 5.43 Å². The number of nitrogens with one attached hydrogen (secondary N) is 1. The fraction of sp³-hybridized carbons (Fsp3) is 0.176. The van der Waals surface area contributed by atoms with Crippen LogP contribution >= 0.6 is 15.9 Å². The van der Waals surface area contributed by atoms with Crippen LogP contribution in [-0.2, 0) is 0 Å². The van der Waals surface area contributed by atoms with E-state index in [1.807, 2.05) is 13.8 Å². The molecule has 0 saturated carbocycles. The molecule has 0 radical (unpaired) electrons. The number of amides is 1. The van der Waals surface area contributed by atoms with Gasteiger partial charge in [-0.15, -0.1) is 0 Å². The Morgan fingerprint density at radius 1 is 1.26 bits per heavy atom. The second kappa shape index (κ2) is 7.28. The summed E-state index contributed by atoms with van der Waals surface area (Å²) in [6.45, 7) is 3.62. The van der Waals surface area contributed by atoms with Gasteiger partial charge in [-0.05, 0) is 60.9 Å². The van der Waals surface area contributed by atoms with Crippen molar-refractivity contribution in [3.05, 3.63) is 57.1 Å². The summed E-state index contributed by atoms with van der Waals surface area (Å²) < 4.78 is 5.94. The number of hydrogen-bond donors (Lipinski definition) is 2. The lowest BCUT2D eigenvalue weighted by atomic mass is 10.1. The number of phenols is 1. The first-order chi connectivity index (χ1) is 10.9. The molecule has 2 aromatic rings. The first kappa shape index (κ1) is 17.0. The second-order valence-corrected chi connectivity index (χ2v) is 5.96. The summed E-state index contributed by atoms with van der Waals surface area (Å²) in [5.41, 5.74) is 5.16. The maximum Gasteiger partial charge on any atom is 0.275 e. The number of benzene rings is 2. The first-order valence-electron chi connectivity index (χ1n) is 6.89. The van der Waals surface area contributed by atoms with E-state index in [1.165, 1.54) is 13.3 Å². The third kappa shape index (κ3) is 4.10. The normalized spacial score (nSPS) is 10.8. The number of phenolic OH excluding ortho intramolecular Hbond substituents is 1. The zero-order valence-electron chi connectivity index (χ0n) is 13.1. The lowest BCUT2D eigenvalue weighted by molar-refractivity contribution is 0.0952. The zero-order valence-corrected chi connectivity index (χ0v) is 14.6. The minimum absolute atomic E-state index is 0.269. The summed E-state index contributed by atoms with van der Waals surface area (Å²) in [5, 5.41) is 13.7. The fourth-order valence-corrected chi connectivity index (χ4v) is 2.51. The van der Waals surface area contributed by atoms with Crippen LogP contribution in [0.15, 0.2) is 39.9 Å². The van der Waals surface area contributed by atoms with E-state index in [-0.39, 0.29) is 11.7 Å². The van der Waals surface area contributed by atoms with Gasteiger partial charge in [0.05, 0.1) is 18.9 Å². The zero-order chi connectivity index (χ0) is 17.0. The van der Waals surface area contributed by atoms with Gasteiger partial charge in [0.25, 0.3) is 5.91 Å². The summed E-state index contributed by atoms with van der Waals surface area (Å²) in [5.74, 6) is 0.369. The van der Waals surface area contributed by atoms with Crippen molar-refractivity contribution in [2.45, 2.75) is 13.8 Å². The minimum atomic E-state index is -0.369. The van der Waals surface area contributed by atoms with Crippen molar-refractivity contribution in [1.82, 2.24) is 5.43 Å². The number of halogens is 1. The van der Waals surface area contributed by atoms with Gasteiger partial charge >= 0.3 is 0 Å². The van der Waals surface area contributed by atoms with E-state index in [2.05, 4.69) is 26.5 Å². The van der Waals surface area contributed by atoms with Gasteiger partial charge in [0, 0.05) is 4.47 Å². The molecule has 0 saturated heterocycles. The standard InChI is InChI=1S/C17H17BrN2O3/c1-10-6-12(7-11(2)16(10)21)9-19-20-17(22)14-8-13(18)4-5-15(14)23-3/h4-9,21H,1-3H3,(H,20,22). The molecular formula is C17H17BrN2O3. The fourth-order valence-electron chi connectivity index (χ4n) is 2.15. The SMILES string of the molecule is COc1ccc(Br)cc1C(=O)NN=Cc1cc(C)c(O)c(C)c1. The molecule has 2 rings (SSSR count). The van der Waals surface area contributed by atoms with Crippen LogP contribution in [0.2, 0.25) is 0 Å². The number of carbonyl (C=O) groups is 1. The Morgan fingerprint density at radius 2 is 1.91 bits per heavy atom. The Hall–Kier alpha value is -2.34. The summed E-state index contributed by atoms with van der Waals surface area (Å²) in [7, 11) is 1.51. The molecule has 5 nitrogen and oxygen atoms in total. The second-order valence-electron chi connectivity index (χ2n) is 5.05. The van der Waals surface area contributed by atoms with Crippen LogP contribution in [0.3, 0.4) is 0 Å². The van der Waals surface area contributed by atoms with Crippen LogP contribution in [0.25, 0.3) is 0 Å². The van der Waals surface area contributed by atoms with E-state index in [1.54, 1.807) is 30.3 Å². The minimum Gasteiger partial charge on any atom is -0.507 e. The van der Waals surface area contributed by atoms with Gasteiger partial charge in [0.15, 0.2) is 0 Å². The number of hydrogen-bond acceptors (Lipinski definition) is 4. The summed E-state index contributed by atoms with van der Waals surface area (Å²) >= 11 is 3.32. The van der Waals surface area contributed by atoms with Gasteiger partial charge in [0.2, 0.25) is 0 Å². The van der Waals surface area contributed by atoms with E-state index in [0.29, 0.717) is 11.3 Å². The van der Waals surface area contributed by atoms with Crippen LogP contribution in [0, 0.1) is 13.8 Å². The van der Waals surface area contributed by atoms with Crippen LogP contribution in [0.1, 0.15) is 27.0 Å². The van der Waals surface area contributed by atoms with Crippen molar-refractivity contribution in [2.24, 2.45) is 5.10 Å². The van der Waals surface area contributed by atoms with Crippen LogP contribution in [0.4, 0.5) is 0 Å². The molecule has 6 heteroatoms. The number of aromatic hydroxyl groups is 1. The number of nitrogens with zero attached hydrogens (tertiary/aromatic N) is 1. The predicted octanol–water partition coefficient (Wildman–Crippen LogP) is 3.54. The molecular weight excluding hydrogens is 360 g/mol. The topological polar surface area (TPSA) is 70.9 Å². The number of hydrazone groups is 1. The van der Waals surface area contributed by atoms with Crippen molar-refractivity contribution in [3.8, 4) is 11.5 Å². The highest BCUT2D eigenvalue weighted by molar-refractivity contribution is 9.10. The molecule has 120 valence electrons. The molecule has 0 spiro atoms. The van der Waals surface area contributed by atoms with Crippen LogP contribution in [-0.4, -0.2) is 24.3 Å². The lowest BCUT2D eigenvalue weighted by Crippen LogP contribution is -2.18. The van der Waals surface area contributed by atoms with Crippen molar-refractivity contribution in [2.75, 3.05) is 7.11 Å². The van der Waals surface area contributed by atoms with Crippen molar-refractivity contribution in [3.63, 3.8) is 0 Å². The molecule has 0 aliphatic heterocycles. The maximum absolute atomic E-state index is 12.2. The molecule has 0 aliphatic carbocycles. The van der Waals surface area contributed by atoms with E-state index in [9.17, 15) is 9.90 Å². The van der Waals surface area contributed by atoms with Crippen molar-refractivity contribution in [1.29, 1.82) is 0 Å². The average Bonchev–Trinajstić information content (AvgIpc) is 2.52. The maximum atomic E-state index is 12.2. The van der Waals surface area contributed by atoms with E-state index < -0.39 is 0 Å². The van der Waals surface area contributed by atoms with Gasteiger partial charge in [0.1, 0.15) is 11.5 Å². The Bertz CT molecular complexity index is 749. The first-order valence-corrected chi connectivity index (χ1v) is 7.69. The number of methoxy groups -OCH3 is 1. The van der Waals surface area contributed by atoms with Gasteiger partial charge < -0.3 is 9.84 Å².